The van der Waals surface area contributed by atoms with Crippen molar-refractivity contribution in [1.82, 2.24) is 9.71 Å². The molecule has 1 amide bonds. The highest BCUT2D eigenvalue weighted by atomic mass is 32.2. The van der Waals surface area contributed by atoms with E-state index in [0.717, 1.165) is 11.1 Å². The molecule has 0 aliphatic rings. The summed E-state index contributed by atoms with van der Waals surface area (Å²) >= 11 is 1.43. The lowest BCUT2D eigenvalue weighted by molar-refractivity contribution is -0.114. The minimum atomic E-state index is -3.96. The lowest BCUT2D eigenvalue weighted by Crippen LogP contribution is -2.28. The molecule has 0 saturated carbocycles. The number of hydrogen-bond donors (Lipinski definition) is 1. The third-order valence-corrected chi connectivity index (χ3v) is 4.73. The summed E-state index contributed by atoms with van der Waals surface area (Å²) in [4.78, 5) is 15.7. The molecule has 0 aliphatic heterocycles. The van der Waals surface area contributed by atoms with E-state index in [0.29, 0.717) is 11.3 Å². The minimum Gasteiger partial charge on any atom is -0.269 e. The SMILES string of the molecule is Cc1nc(/C=C\C(=O)NS(=O)(=O)c2ccc(C#N)cc2)cs1. The van der Waals surface area contributed by atoms with Gasteiger partial charge < -0.3 is 0 Å². The Morgan fingerprint density at radius 3 is 2.59 bits per heavy atom. The summed E-state index contributed by atoms with van der Waals surface area (Å²) in [6.45, 7) is 1.83. The molecular weight excluding hydrogens is 322 g/mol. The maximum Gasteiger partial charge on any atom is 0.264 e. The number of rotatable bonds is 4. The van der Waals surface area contributed by atoms with Crippen molar-refractivity contribution >= 4 is 33.3 Å². The van der Waals surface area contributed by atoms with Crippen LogP contribution in [0.1, 0.15) is 16.3 Å². The number of carbonyl (C=O) groups is 1. The number of nitriles is 1. The molecule has 1 aromatic carbocycles. The number of nitrogens with zero attached hydrogens (tertiary/aromatic N) is 2. The Balaban J connectivity index is 2.09. The van der Waals surface area contributed by atoms with Crippen LogP contribution in [0.2, 0.25) is 0 Å². The molecule has 8 heteroatoms. The fraction of sp³-hybridized carbons (Fsp3) is 0.0714. The molecule has 2 aromatic rings. The molecule has 2 rings (SSSR count). The van der Waals surface area contributed by atoms with Gasteiger partial charge in [-0.3, -0.25) is 4.79 Å². The van der Waals surface area contributed by atoms with Crippen molar-refractivity contribution in [3.05, 3.63) is 52.0 Å². The first kappa shape index (κ1) is 15.9. The van der Waals surface area contributed by atoms with Gasteiger partial charge >= 0.3 is 0 Å². The average molecular weight is 333 g/mol. The molecule has 0 saturated heterocycles. The van der Waals surface area contributed by atoms with Gasteiger partial charge in [-0.05, 0) is 37.3 Å². The Bertz CT molecular complexity index is 859. The fourth-order valence-corrected chi connectivity index (χ4v) is 3.08. The molecule has 0 bridgehead atoms. The number of nitrogens with one attached hydrogen (secondary N) is 1. The van der Waals surface area contributed by atoms with Crippen LogP contribution in [0, 0.1) is 18.3 Å². The molecular formula is C14H11N3O3S2. The van der Waals surface area contributed by atoms with Crippen molar-refractivity contribution in [2.75, 3.05) is 0 Å². The second kappa shape index (κ2) is 6.51. The molecule has 0 unspecified atom stereocenters. The van der Waals surface area contributed by atoms with Crippen molar-refractivity contribution < 1.29 is 13.2 Å². The van der Waals surface area contributed by atoms with Crippen LogP contribution in [-0.2, 0) is 14.8 Å². The predicted molar refractivity (Wildman–Crippen MR) is 82.4 cm³/mol. The van der Waals surface area contributed by atoms with Crippen LogP contribution in [0.15, 0.2) is 40.6 Å². The van der Waals surface area contributed by atoms with E-state index in [1.54, 1.807) is 5.38 Å². The molecule has 0 aliphatic carbocycles. The molecule has 1 heterocycles. The summed E-state index contributed by atoms with van der Waals surface area (Å²) in [6, 6.07) is 7.15. The highest BCUT2D eigenvalue weighted by Gasteiger charge is 2.16. The standard InChI is InChI=1S/C14H11N3O3S2/c1-10-16-12(9-21-10)4-7-14(18)17-22(19,20)13-5-2-11(8-15)3-6-13/h2-7,9H,1H3,(H,17,18)/b7-4-. The van der Waals surface area contributed by atoms with Gasteiger partial charge in [0.15, 0.2) is 0 Å². The van der Waals surface area contributed by atoms with Crippen LogP contribution in [-0.4, -0.2) is 19.3 Å². The molecule has 112 valence electrons. The highest BCUT2D eigenvalue weighted by molar-refractivity contribution is 7.90. The van der Waals surface area contributed by atoms with Crippen molar-refractivity contribution in [3.63, 3.8) is 0 Å². The van der Waals surface area contributed by atoms with E-state index in [4.69, 9.17) is 5.26 Å². The molecule has 0 fully saturated rings. The van der Waals surface area contributed by atoms with Crippen LogP contribution < -0.4 is 4.72 Å². The number of benzene rings is 1. The largest absolute Gasteiger partial charge is 0.269 e. The first-order chi connectivity index (χ1) is 10.4. The van der Waals surface area contributed by atoms with Crippen LogP contribution in [0.5, 0.6) is 0 Å². The smallest absolute Gasteiger partial charge is 0.264 e. The highest BCUT2D eigenvalue weighted by Crippen LogP contribution is 2.11. The Hall–Kier alpha value is -2.50. The van der Waals surface area contributed by atoms with E-state index in [1.165, 1.54) is 41.7 Å². The Labute approximate surface area is 131 Å². The normalized spacial score (nSPS) is 11.3. The summed E-state index contributed by atoms with van der Waals surface area (Å²) in [5.74, 6) is -0.769. The Kier molecular flexibility index (Phi) is 4.70. The summed E-state index contributed by atoms with van der Waals surface area (Å²) in [6.07, 6.45) is 2.54. The molecule has 1 N–H and O–H groups in total. The molecule has 0 atom stereocenters. The summed E-state index contributed by atoms with van der Waals surface area (Å²) in [5, 5.41) is 11.3. The Morgan fingerprint density at radius 1 is 1.36 bits per heavy atom. The number of hydrogen-bond acceptors (Lipinski definition) is 6. The minimum absolute atomic E-state index is 0.0854. The zero-order valence-corrected chi connectivity index (χ0v) is 13.1. The summed E-state index contributed by atoms with van der Waals surface area (Å²) < 4.78 is 25.9. The van der Waals surface area contributed by atoms with Gasteiger partial charge in [-0.25, -0.2) is 18.1 Å². The maximum atomic E-state index is 12.0. The van der Waals surface area contributed by atoms with Gasteiger partial charge in [0.1, 0.15) is 0 Å². The zero-order valence-electron chi connectivity index (χ0n) is 11.5. The van der Waals surface area contributed by atoms with Crippen LogP contribution in [0.4, 0.5) is 0 Å². The van der Waals surface area contributed by atoms with E-state index in [9.17, 15) is 13.2 Å². The van der Waals surface area contributed by atoms with Gasteiger partial charge in [0.2, 0.25) is 0 Å². The molecule has 6 nitrogen and oxygen atoms in total. The molecule has 22 heavy (non-hydrogen) atoms. The number of thiazole rings is 1. The monoisotopic (exact) mass is 333 g/mol. The second-order valence-electron chi connectivity index (χ2n) is 4.23. The van der Waals surface area contributed by atoms with Crippen LogP contribution in [0.25, 0.3) is 6.08 Å². The van der Waals surface area contributed by atoms with Gasteiger partial charge in [-0.2, -0.15) is 5.26 Å². The number of aryl methyl sites for hydroxylation is 1. The first-order valence-electron chi connectivity index (χ1n) is 6.08. The Morgan fingerprint density at radius 2 is 2.05 bits per heavy atom. The number of aromatic nitrogens is 1. The molecule has 1 aromatic heterocycles. The van der Waals surface area contributed by atoms with E-state index in [1.807, 2.05) is 17.7 Å². The predicted octanol–water partition coefficient (Wildman–Crippen LogP) is 1.84. The third kappa shape index (κ3) is 4.00. The van der Waals surface area contributed by atoms with E-state index >= 15 is 0 Å². The van der Waals surface area contributed by atoms with Gasteiger partial charge in [0, 0.05) is 11.5 Å². The van der Waals surface area contributed by atoms with Gasteiger partial charge in [0.05, 0.1) is 27.2 Å². The zero-order chi connectivity index (χ0) is 16.2. The summed E-state index contributed by atoms with van der Waals surface area (Å²) in [5.41, 5.74) is 0.928. The molecule has 0 radical (unpaired) electrons. The van der Waals surface area contributed by atoms with Crippen molar-refractivity contribution in [2.24, 2.45) is 0 Å². The maximum absolute atomic E-state index is 12.0. The lowest BCUT2D eigenvalue weighted by Gasteiger charge is -2.04. The number of carbonyl (C=O) groups excluding carboxylic acids is 1. The van der Waals surface area contributed by atoms with E-state index < -0.39 is 15.9 Å². The second-order valence-corrected chi connectivity index (χ2v) is 6.98. The van der Waals surface area contributed by atoms with Crippen LogP contribution >= 0.6 is 11.3 Å². The quantitative estimate of drug-likeness (QED) is 0.861. The van der Waals surface area contributed by atoms with Gasteiger partial charge in [-0.1, -0.05) is 0 Å². The van der Waals surface area contributed by atoms with Crippen molar-refractivity contribution in [3.8, 4) is 6.07 Å². The average Bonchev–Trinajstić information content (AvgIpc) is 2.90. The molecule has 0 spiro atoms. The van der Waals surface area contributed by atoms with Gasteiger partial charge in [-0.15, -0.1) is 11.3 Å². The fourth-order valence-electron chi connectivity index (χ4n) is 1.55. The number of sulfonamides is 1. The van der Waals surface area contributed by atoms with Gasteiger partial charge in [0.25, 0.3) is 15.9 Å². The summed E-state index contributed by atoms with van der Waals surface area (Å²) in [7, 11) is -3.96. The van der Waals surface area contributed by atoms with E-state index in [-0.39, 0.29) is 4.90 Å². The van der Waals surface area contributed by atoms with Crippen molar-refractivity contribution in [1.29, 1.82) is 5.26 Å². The van der Waals surface area contributed by atoms with Crippen LogP contribution in [0.3, 0.4) is 0 Å². The van der Waals surface area contributed by atoms with Crippen molar-refractivity contribution in [2.45, 2.75) is 11.8 Å². The first-order valence-corrected chi connectivity index (χ1v) is 8.44. The van der Waals surface area contributed by atoms with E-state index in [2.05, 4.69) is 4.98 Å². The number of amides is 1. The topological polar surface area (TPSA) is 99.9 Å². The lowest BCUT2D eigenvalue weighted by atomic mass is 10.2. The third-order valence-electron chi connectivity index (χ3n) is 2.57.